The average molecular weight is 314 g/mol. The lowest BCUT2D eigenvalue weighted by atomic mass is 10.0. The summed E-state index contributed by atoms with van der Waals surface area (Å²) in [6.45, 7) is 0. The minimum absolute atomic E-state index is 0.0575. The van der Waals surface area contributed by atoms with E-state index in [0.717, 1.165) is 11.3 Å². The second kappa shape index (κ2) is 6.91. The maximum atomic E-state index is 11.8. The van der Waals surface area contributed by atoms with Gasteiger partial charge in [-0.15, -0.1) is 0 Å². The van der Waals surface area contributed by atoms with Gasteiger partial charge in [0.25, 0.3) is 0 Å². The van der Waals surface area contributed by atoms with Crippen LogP contribution >= 0.6 is 0 Å². The van der Waals surface area contributed by atoms with Gasteiger partial charge in [-0.1, -0.05) is 12.1 Å². The fraction of sp³-hybridized carbons (Fsp3) is 0.235. The van der Waals surface area contributed by atoms with Gasteiger partial charge in [0.05, 0.1) is 14.2 Å². The van der Waals surface area contributed by atoms with Gasteiger partial charge in [0.2, 0.25) is 0 Å². The minimum atomic E-state index is -0.609. The number of esters is 2. The molecule has 2 rings (SSSR count). The monoisotopic (exact) mass is 314 g/mol. The number of pyridine rings is 1. The number of ether oxygens (including phenoxy) is 2. The van der Waals surface area contributed by atoms with Crippen LogP contribution in [-0.2, 0) is 9.47 Å². The normalized spacial score (nSPS) is 10.1. The Labute approximate surface area is 134 Å². The molecule has 0 aliphatic heterocycles. The van der Waals surface area contributed by atoms with Gasteiger partial charge in [-0.2, -0.15) is 0 Å². The average Bonchev–Trinajstić information content (AvgIpc) is 2.59. The fourth-order valence-electron chi connectivity index (χ4n) is 2.07. The van der Waals surface area contributed by atoms with Crippen molar-refractivity contribution in [3.8, 4) is 11.1 Å². The first-order valence-electron chi connectivity index (χ1n) is 6.92. The summed E-state index contributed by atoms with van der Waals surface area (Å²) in [6, 6.07) is 10.9. The third-order valence-electron chi connectivity index (χ3n) is 3.33. The van der Waals surface area contributed by atoms with E-state index in [1.807, 2.05) is 43.3 Å². The number of nitrogens with zero attached hydrogens (tertiary/aromatic N) is 2. The van der Waals surface area contributed by atoms with Gasteiger partial charge in [-0.3, -0.25) is 0 Å². The Hall–Kier alpha value is -2.89. The van der Waals surface area contributed by atoms with Crippen LogP contribution in [0.5, 0.6) is 0 Å². The van der Waals surface area contributed by atoms with Crippen molar-refractivity contribution in [2.24, 2.45) is 0 Å². The molecule has 0 fully saturated rings. The Balaban J connectivity index is 2.51. The highest BCUT2D eigenvalue weighted by atomic mass is 16.5. The number of benzene rings is 1. The molecule has 23 heavy (non-hydrogen) atoms. The summed E-state index contributed by atoms with van der Waals surface area (Å²) >= 11 is 0. The highest BCUT2D eigenvalue weighted by Gasteiger charge is 2.16. The molecule has 1 heterocycles. The van der Waals surface area contributed by atoms with E-state index in [1.165, 1.54) is 14.2 Å². The molecule has 6 heteroatoms. The molecule has 0 radical (unpaired) electrons. The fourth-order valence-corrected chi connectivity index (χ4v) is 2.07. The van der Waals surface area contributed by atoms with Crippen LogP contribution in [0.4, 0.5) is 5.69 Å². The molecule has 0 saturated carbocycles. The van der Waals surface area contributed by atoms with E-state index in [0.29, 0.717) is 5.56 Å². The van der Waals surface area contributed by atoms with Crippen LogP contribution in [0.2, 0.25) is 0 Å². The lowest BCUT2D eigenvalue weighted by Crippen LogP contribution is -2.11. The molecule has 0 aliphatic carbocycles. The molecule has 6 nitrogen and oxygen atoms in total. The zero-order chi connectivity index (χ0) is 17.0. The SMILES string of the molecule is COC(=O)c1cc(-c2ccc(N(C)C)cc2)cc(C(=O)OC)n1. The standard InChI is InChI=1S/C17H18N2O4/c1-19(2)13-7-5-11(6-8-13)12-9-14(16(20)22-3)18-15(10-12)17(21)23-4/h5-10H,1-4H3. The molecular weight excluding hydrogens is 296 g/mol. The molecular formula is C17H18N2O4. The second-order valence-corrected chi connectivity index (χ2v) is 5.05. The van der Waals surface area contributed by atoms with Crippen molar-refractivity contribution >= 4 is 17.6 Å². The first kappa shape index (κ1) is 16.5. The molecule has 0 atom stereocenters. The van der Waals surface area contributed by atoms with Gasteiger partial charge in [0.1, 0.15) is 11.4 Å². The summed E-state index contributed by atoms with van der Waals surface area (Å²) in [5, 5.41) is 0. The zero-order valence-corrected chi connectivity index (χ0v) is 13.5. The van der Waals surface area contributed by atoms with Crippen LogP contribution in [0.3, 0.4) is 0 Å². The smallest absolute Gasteiger partial charge is 0.356 e. The Bertz CT molecular complexity index is 690. The highest BCUT2D eigenvalue weighted by molar-refractivity contribution is 5.94. The maximum Gasteiger partial charge on any atom is 0.356 e. The van der Waals surface area contributed by atoms with Crippen LogP contribution in [-0.4, -0.2) is 45.2 Å². The van der Waals surface area contributed by atoms with Crippen molar-refractivity contribution in [1.29, 1.82) is 0 Å². The highest BCUT2D eigenvalue weighted by Crippen LogP contribution is 2.24. The van der Waals surface area contributed by atoms with Gasteiger partial charge in [-0.05, 0) is 35.4 Å². The van der Waals surface area contributed by atoms with Gasteiger partial charge in [0, 0.05) is 19.8 Å². The van der Waals surface area contributed by atoms with E-state index >= 15 is 0 Å². The summed E-state index contributed by atoms with van der Waals surface area (Å²) in [6.07, 6.45) is 0. The number of anilines is 1. The molecule has 2 aromatic rings. The van der Waals surface area contributed by atoms with Gasteiger partial charge < -0.3 is 14.4 Å². The summed E-state index contributed by atoms with van der Waals surface area (Å²) in [5.41, 5.74) is 2.70. The topological polar surface area (TPSA) is 68.7 Å². The largest absolute Gasteiger partial charge is 0.464 e. The van der Waals surface area contributed by atoms with Crippen LogP contribution < -0.4 is 4.90 Å². The Morgan fingerprint density at radius 1 is 0.870 bits per heavy atom. The van der Waals surface area contributed by atoms with Crippen molar-refractivity contribution in [3.63, 3.8) is 0 Å². The van der Waals surface area contributed by atoms with Gasteiger partial charge in [0.15, 0.2) is 0 Å². The van der Waals surface area contributed by atoms with Crippen molar-refractivity contribution < 1.29 is 19.1 Å². The molecule has 120 valence electrons. The van der Waals surface area contributed by atoms with Crippen LogP contribution in [0.25, 0.3) is 11.1 Å². The molecule has 0 amide bonds. The van der Waals surface area contributed by atoms with Crippen molar-refractivity contribution in [2.75, 3.05) is 33.2 Å². The Kier molecular flexibility index (Phi) is 4.95. The summed E-state index contributed by atoms with van der Waals surface area (Å²) < 4.78 is 9.37. The maximum absolute atomic E-state index is 11.8. The van der Waals surface area contributed by atoms with Crippen molar-refractivity contribution in [1.82, 2.24) is 4.98 Å². The number of methoxy groups -OCH3 is 2. The summed E-state index contributed by atoms with van der Waals surface area (Å²) in [7, 11) is 6.43. The predicted octanol–water partition coefficient (Wildman–Crippen LogP) is 2.39. The van der Waals surface area contributed by atoms with E-state index in [9.17, 15) is 9.59 Å². The molecule has 0 N–H and O–H groups in total. The first-order chi connectivity index (χ1) is 11.0. The number of aromatic nitrogens is 1. The van der Waals surface area contributed by atoms with E-state index in [-0.39, 0.29) is 11.4 Å². The van der Waals surface area contributed by atoms with Crippen molar-refractivity contribution in [3.05, 3.63) is 47.8 Å². The number of hydrogen-bond acceptors (Lipinski definition) is 6. The molecule has 1 aromatic heterocycles. The van der Waals surface area contributed by atoms with Crippen LogP contribution in [0.1, 0.15) is 21.0 Å². The van der Waals surface area contributed by atoms with E-state index in [2.05, 4.69) is 14.5 Å². The van der Waals surface area contributed by atoms with E-state index < -0.39 is 11.9 Å². The molecule has 0 bridgehead atoms. The third-order valence-corrected chi connectivity index (χ3v) is 3.33. The van der Waals surface area contributed by atoms with Crippen LogP contribution in [0.15, 0.2) is 36.4 Å². The second-order valence-electron chi connectivity index (χ2n) is 5.05. The molecule has 0 unspecified atom stereocenters. The number of carbonyl (C=O) groups excluding carboxylic acids is 2. The number of hydrogen-bond donors (Lipinski definition) is 0. The quantitative estimate of drug-likeness (QED) is 0.807. The molecule has 0 saturated heterocycles. The zero-order valence-electron chi connectivity index (χ0n) is 13.5. The third kappa shape index (κ3) is 3.66. The number of rotatable bonds is 4. The predicted molar refractivity (Wildman–Crippen MR) is 86.7 cm³/mol. The Morgan fingerprint density at radius 2 is 1.35 bits per heavy atom. The summed E-state index contributed by atoms with van der Waals surface area (Å²) in [5.74, 6) is -1.22. The summed E-state index contributed by atoms with van der Waals surface area (Å²) in [4.78, 5) is 29.5. The molecule has 0 spiro atoms. The Morgan fingerprint density at radius 3 is 1.74 bits per heavy atom. The molecule has 0 aliphatic rings. The lowest BCUT2D eigenvalue weighted by molar-refractivity contribution is 0.0586. The van der Waals surface area contributed by atoms with Crippen LogP contribution in [0, 0.1) is 0 Å². The van der Waals surface area contributed by atoms with Gasteiger partial charge >= 0.3 is 11.9 Å². The minimum Gasteiger partial charge on any atom is -0.464 e. The van der Waals surface area contributed by atoms with E-state index in [1.54, 1.807) is 12.1 Å². The molecule has 1 aromatic carbocycles. The van der Waals surface area contributed by atoms with Crippen molar-refractivity contribution in [2.45, 2.75) is 0 Å². The first-order valence-corrected chi connectivity index (χ1v) is 6.92. The van der Waals surface area contributed by atoms with Gasteiger partial charge in [-0.25, -0.2) is 14.6 Å². The van der Waals surface area contributed by atoms with E-state index in [4.69, 9.17) is 0 Å². The number of carbonyl (C=O) groups is 2. The lowest BCUT2D eigenvalue weighted by Gasteiger charge is -2.13.